The zero-order chi connectivity index (χ0) is 14.5. The Bertz CT molecular complexity index is 419. The van der Waals surface area contributed by atoms with Crippen molar-refractivity contribution >= 4 is 5.82 Å². The van der Waals surface area contributed by atoms with Crippen LogP contribution in [0.25, 0.3) is 0 Å². The molecular formula is C16H28N4. The fraction of sp³-hybridized carbons (Fsp3) is 0.688. The van der Waals surface area contributed by atoms with Crippen molar-refractivity contribution in [2.45, 2.75) is 45.2 Å². The highest BCUT2D eigenvalue weighted by atomic mass is 15.2. The maximum atomic E-state index is 5.95. The van der Waals surface area contributed by atoms with E-state index in [9.17, 15) is 0 Å². The first-order chi connectivity index (χ1) is 9.61. The predicted molar refractivity (Wildman–Crippen MR) is 85.1 cm³/mol. The van der Waals surface area contributed by atoms with Gasteiger partial charge in [0.25, 0.3) is 0 Å². The van der Waals surface area contributed by atoms with Gasteiger partial charge in [0.1, 0.15) is 5.82 Å². The number of pyridine rings is 1. The average Bonchev–Trinajstić information content (AvgIpc) is 2.85. The molecular weight excluding hydrogens is 248 g/mol. The van der Waals surface area contributed by atoms with Crippen LogP contribution in [0.5, 0.6) is 0 Å². The normalized spacial score (nSPS) is 21.1. The topological polar surface area (TPSA) is 45.4 Å². The largest absolute Gasteiger partial charge is 0.358 e. The summed E-state index contributed by atoms with van der Waals surface area (Å²) < 4.78 is 0. The molecule has 1 aliphatic rings. The lowest BCUT2D eigenvalue weighted by Gasteiger charge is -2.29. The molecule has 0 bridgehead atoms. The monoisotopic (exact) mass is 276 g/mol. The molecule has 0 aromatic carbocycles. The SMILES string of the molecule is CCN1CCCC1CN(C)c1ncccc1CC(C)N. The predicted octanol–water partition coefficient (Wildman–Crippen LogP) is 1.89. The van der Waals surface area contributed by atoms with E-state index in [0.717, 1.165) is 25.3 Å². The highest BCUT2D eigenvalue weighted by molar-refractivity contribution is 5.46. The van der Waals surface area contributed by atoms with Gasteiger partial charge in [0.15, 0.2) is 0 Å². The van der Waals surface area contributed by atoms with Gasteiger partial charge in [-0.3, -0.25) is 4.90 Å². The highest BCUT2D eigenvalue weighted by Gasteiger charge is 2.25. The van der Waals surface area contributed by atoms with Crippen LogP contribution < -0.4 is 10.6 Å². The third kappa shape index (κ3) is 3.70. The van der Waals surface area contributed by atoms with Gasteiger partial charge in [0.2, 0.25) is 0 Å². The van der Waals surface area contributed by atoms with Crippen LogP contribution in [-0.2, 0) is 6.42 Å². The van der Waals surface area contributed by atoms with E-state index in [0.29, 0.717) is 6.04 Å². The molecule has 0 amide bonds. The van der Waals surface area contributed by atoms with E-state index in [2.05, 4.69) is 34.8 Å². The first kappa shape index (κ1) is 15.3. The fourth-order valence-corrected chi connectivity index (χ4v) is 3.20. The molecule has 4 heteroatoms. The Labute approximate surface area is 123 Å². The molecule has 2 heterocycles. The minimum Gasteiger partial charge on any atom is -0.358 e. The summed E-state index contributed by atoms with van der Waals surface area (Å²) in [5, 5.41) is 0. The van der Waals surface area contributed by atoms with Gasteiger partial charge < -0.3 is 10.6 Å². The molecule has 1 aromatic heterocycles. The summed E-state index contributed by atoms with van der Waals surface area (Å²) in [7, 11) is 2.15. The second-order valence-electron chi connectivity index (χ2n) is 5.97. The van der Waals surface area contributed by atoms with Crippen LogP contribution in [0.1, 0.15) is 32.3 Å². The molecule has 20 heavy (non-hydrogen) atoms. The quantitative estimate of drug-likeness (QED) is 0.862. The van der Waals surface area contributed by atoms with Crippen molar-refractivity contribution in [3.05, 3.63) is 23.9 Å². The molecule has 1 aliphatic heterocycles. The lowest BCUT2D eigenvalue weighted by atomic mass is 10.1. The lowest BCUT2D eigenvalue weighted by Crippen LogP contribution is -2.39. The first-order valence-corrected chi connectivity index (χ1v) is 7.76. The molecule has 2 unspecified atom stereocenters. The zero-order valence-corrected chi connectivity index (χ0v) is 13.0. The number of hydrogen-bond donors (Lipinski definition) is 1. The van der Waals surface area contributed by atoms with Crippen LogP contribution >= 0.6 is 0 Å². The standard InChI is InChI=1S/C16H28N4/c1-4-20-10-6-8-15(20)12-19(3)16-14(11-13(2)17)7-5-9-18-16/h5,7,9,13,15H,4,6,8,10-12,17H2,1-3H3. The molecule has 2 N–H and O–H groups in total. The molecule has 0 spiro atoms. The number of aromatic nitrogens is 1. The Morgan fingerprint density at radius 3 is 3.05 bits per heavy atom. The van der Waals surface area contributed by atoms with E-state index in [4.69, 9.17) is 5.73 Å². The number of likely N-dealkylation sites (N-methyl/N-ethyl adjacent to an activating group) is 2. The number of rotatable bonds is 6. The van der Waals surface area contributed by atoms with Crippen molar-refractivity contribution in [2.24, 2.45) is 5.73 Å². The summed E-state index contributed by atoms with van der Waals surface area (Å²) in [6.07, 6.45) is 5.38. The minimum atomic E-state index is 0.171. The minimum absolute atomic E-state index is 0.171. The fourth-order valence-electron chi connectivity index (χ4n) is 3.20. The van der Waals surface area contributed by atoms with Gasteiger partial charge in [0, 0.05) is 31.9 Å². The molecule has 2 atom stereocenters. The van der Waals surface area contributed by atoms with Crippen LogP contribution in [0, 0.1) is 0 Å². The number of nitrogens with two attached hydrogens (primary N) is 1. The molecule has 2 rings (SSSR count). The summed E-state index contributed by atoms with van der Waals surface area (Å²) in [6.45, 7) is 7.74. The Morgan fingerprint density at radius 1 is 1.55 bits per heavy atom. The summed E-state index contributed by atoms with van der Waals surface area (Å²) in [5.74, 6) is 1.09. The first-order valence-electron chi connectivity index (χ1n) is 7.76. The van der Waals surface area contributed by atoms with Crippen molar-refractivity contribution < 1.29 is 0 Å². The van der Waals surface area contributed by atoms with E-state index < -0.39 is 0 Å². The molecule has 1 aromatic rings. The summed E-state index contributed by atoms with van der Waals surface area (Å²) in [5.41, 5.74) is 7.20. The maximum absolute atomic E-state index is 5.95. The molecule has 0 radical (unpaired) electrons. The second-order valence-corrected chi connectivity index (χ2v) is 5.97. The van der Waals surface area contributed by atoms with E-state index >= 15 is 0 Å². The van der Waals surface area contributed by atoms with E-state index in [-0.39, 0.29) is 6.04 Å². The van der Waals surface area contributed by atoms with Gasteiger partial charge in [-0.15, -0.1) is 0 Å². The van der Waals surface area contributed by atoms with Gasteiger partial charge >= 0.3 is 0 Å². The average molecular weight is 276 g/mol. The lowest BCUT2D eigenvalue weighted by molar-refractivity contribution is 0.270. The molecule has 1 fully saturated rings. The molecule has 0 saturated carbocycles. The van der Waals surface area contributed by atoms with Crippen molar-refractivity contribution in [1.29, 1.82) is 0 Å². The van der Waals surface area contributed by atoms with Crippen molar-refractivity contribution in [2.75, 3.05) is 31.6 Å². The van der Waals surface area contributed by atoms with Crippen LogP contribution in [0.15, 0.2) is 18.3 Å². The van der Waals surface area contributed by atoms with Gasteiger partial charge in [-0.2, -0.15) is 0 Å². The smallest absolute Gasteiger partial charge is 0.131 e. The van der Waals surface area contributed by atoms with Crippen LogP contribution in [0.3, 0.4) is 0 Å². The van der Waals surface area contributed by atoms with E-state index in [1.807, 2.05) is 19.2 Å². The Hall–Kier alpha value is -1.13. The highest BCUT2D eigenvalue weighted by Crippen LogP contribution is 2.22. The van der Waals surface area contributed by atoms with E-state index in [1.165, 1.54) is 24.9 Å². The van der Waals surface area contributed by atoms with Gasteiger partial charge in [-0.05, 0) is 50.9 Å². The van der Waals surface area contributed by atoms with Crippen LogP contribution in [0.2, 0.25) is 0 Å². The van der Waals surface area contributed by atoms with Crippen LogP contribution in [-0.4, -0.2) is 48.6 Å². The Balaban J connectivity index is 2.06. The number of anilines is 1. The number of nitrogens with zero attached hydrogens (tertiary/aromatic N) is 3. The van der Waals surface area contributed by atoms with Crippen molar-refractivity contribution in [3.8, 4) is 0 Å². The third-order valence-corrected chi connectivity index (χ3v) is 4.16. The van der Waals surface area contributed by atoms with Crippen molar-refractivity contribution in [3.63, 3.8) is 0 Å². The van der Waals surface area contributed by atoms with Crippen LogP contribution in [0.4, 0.5) is 5.82 Å². The summed E-state index contributed by atoms with van der Waals surface area (Å²) >= 11 is 0. The van der Waals surface area contributed by atoms with Gasteiger partial charge in [0.05, 0.1) is 0 Å². The summed E-state index contributed by atoms with van der Waals surface area (Å²) in [4.78, 5) is 9.45. The molecule has 112 valence electrons. The molecule has 1 saturated heterocycles. The second kappa shape index (κ2) is 7.04. The Kier molecular flexibility index (Phi) is 5.38. The van der Waals surface area contributed by atoms with Gasteiger partial charge in [-0.25, -0.2) is 4.98 Å². The Morgan fingerprint density at radius 2 is 2.35 bits per heavy atom. The van der Waals surface area contributed by atoms with Gasteiger partial charge in [-0.1, -0.05) is 13.0 Å². The molecule has 0 aliphatic carbocycles. The number of hydrogen-bond acceptors (Lipinski definition) is 4. The summed E-state index contributed by atoms with van der Waals surface area (Å²) in [6, 6.07) is 4.98. The number of likely N-dealkylation sites (tertiary alicyclic amines) is 1. The molecule has 4 nitrogen and oxygen atoms in total. The van der Waals surface area contributed by atoms with Crippen molar-refractivity contribution in [1.82, 2.24) is 9.88 Å². The maximum Gasteiger partial charge on any atom is 0.131 e. The zero-order valence-electron chi connectivity index (χ0n) is 13.0. The van der Waals surface area contributed by atoms with E-state index in [1.54, 1.807) is 0 Å². The third-order valence-electron chi connectivity index (χ3n) is 4.16.